The molecule has 0 aliphatic heterocycles. The number of aromatic nitrogens is 3. The molecule has 0 radical (unpaired) electrons. The van der Waals surface area contributed by atoms with Crippen molar-refractivity contribution < 1.29 is 4.79 Å². The highest BCUT2D eigenvalue weighted by Crippen LogP contribution is 2.17. The number of amides is 1. The molecule has 0 saturated heterocycles. The van der Waals surface area contributed by atoms with E-state index < -0.39 is 0 Å². The largest absolute Gasteiger partial charge is 0.330 e. The third-order valence-corrected chi connectivity index (χ3v) is 4.82. The maximum absolute atomic E-state index is 13.1. The second kappa shape index (κ2) is 8.06. The first-order valence-electron chi connectivity index (χ1n) is 9.31. The molecule has 3 heterocycles. The van der Waals surface area contributed by atoms with Gasteiger partial charge in [0, 0.05) is 36.9 Å². The molecule has 144 valence electrons. The van der Waals surface area contributed by atoms with Gasteiger partial charge in [-0.3, -0.25) is 19.6 Å². The van der Waals surface area contributed by atoms with Gasteiger partial charge in [-0.25, -0.2) is 0 Å². The fourth-order valence-electron chi connectivity index (χ4n) is 3.34. The van der Waals surface area contributed by atoms with Crippen molar-refractivity contribution in [3.05, 3.63) is 106 Å². The van der Waals surface area contributed by atoms with E-state index in [-0.39, 0.29) is 18.0 Å². The number of hydrogen-bond acceptors (Lipinski definition) is 4. The first kappa shape index (κ1) is 18.6. The molecule has 6 nitrogen and oxygen atoms in total. The van der Waals surface area contributed by atoms with Crippen molar-refractivity contribution in [1.29, 1.82) is 0 Å². The molecule has 0 saturated carbocycles. The molecule has 0 aliphatic carbocycles. The standard InChI is InChI=1S/C23H20N4O2/c1-16-5-2-7-18-11-20(22(28)26-21(16)18)15-27(14-17-6-3-9-24-12-17)23(29)19-8-4-10-25-13-19/h2-13H,14-15H2,1H3,(H,26,28). The smallest absolute Gasteiger partial charge is 0.256 e. The van der Waals surface area contributed by atoms with E-state index in [1.807, 2.05) is 43.3 Å². The van der Waals surface area contributed by atoms with Gasteiger partial charge in [-0.15, -0.1) is 0 Å². The molecule has 0 aliphatic rings. The summed E-state index contributed by atoms with van der Waals surface area (Å²) in [4.78, 5) is 38.6. The lowest BCUT2D eigenvalue weighted by Crippen LogP contribution is -2.32. The first-order chi connectivity index (χ1) is 14.1. The van der Waals surface area contributed by atoms with Crippen LogP contribution in [0.4, 0.5) is 0 Å². The van der Waals surface area contributed by atoms with Gasteiger partial charge in [-0.2, -0.15) is 0 Å². The number of pyridine rings is 3. The van der Waals surface area contributed by atoms with Gasteiger partial charge >= 0.3 is 0 Å². The number of benzene rings is 1. The molecule has 3 aromatic heterocycles. The third-order valence-electron chi connectivity index (χ3n) is 4.82. The molecule has 1 amide bonds. The van der Waals surface area contributed by atoms with Gasteiger partial charge in [0.2, 0.25) is 0 Å². The van der Waals surface area contributed by atoms with Crippen LogP contribution < -0.4 is 5.56 Å². The molecule has 6 heteroatoms. The van der Waals surface area contributed by atoms with Gasteiger partial charge in [0.1, 0.15) is 0 Å². The highest BCUT2D eigenvalue weighted by atomic mass is 16.2. The Labute approximate surface area is 167 Å². The van der Waals surface area contributed by atoms with E-state index in [1.54, 1.807) is 35.6 Å². The maximum atomic E-state index is 13.1. The van der Waals surface area contributed by atoms with Crippen LogP contribution in [-0.4, -0.2) is 25.8 Å². The Balaban J connectivity index is 1.71. The van der Waals surface area contributed by atoms with Gasteiger partial charge < -0.3 is 9.88 Å². The number of rotatable bonds is 5. The predicted molar refractivity (Wildman–Crippen MR) is 111 cm³/mol. The summed E-state index contributed by atoms with van der Waals surface area (Å²) in [7, 11) is 0. The lowest BCUT2D eigenvalue weighted by atomic mass is 10.1. The molecule has 1 N–H and O–H groups in total. The van der Waals surface area contributed by atoms with E-state index >= 15 is 0 Å². The van der Waals surface area contributed by atoms with Crippen LogP contribution in [-0.2, 0) is 13.1 Å². The summed E-state index contributed by atoms with van der Waals surface area (Å²) in [6, 6.07) is 14.9. The van der Waals surface area contributed by atoms with E-state index in [9.17, 15) is 9.59 Å². The Morgan fingerprint density at radius 2 is 1.79 bits per heavy atom. The van der Waals surface area contributed by atoms with Crippen LogP contribution in [0, 0.1) is 6.92 Å². The number of carbonyl (C=O) groups is 1. The molecule has 0 spiro atoms. The summed E-state index contributed by atoms with van der Waals surface area (Å²) in [6.45, 7) is 2.48. The van der Waals surface area contributed by atoms with E-state index in [0.29, 0.717) is 17.7 Å². The highest BCUT2D eigenvalue weighted by molar-refractivity contribution is 5.94. The lowest BCUT2D eigenvalue weighted by Gasteiger charge is -2.23. The zero-order valence-electron chi connectivity index (χ0n) is 16.0. The topological polar surface area (TPSA) is 79.0 Å². The molecule has 0 fully saturated rings. The number of nitrogens with one attached hydrogen (secondary N) is 1. The summed E-state index contributed by atoms with van der Waals surface area (Å²) in [5.74, 6) is -0.189. The average Bonchev–Trinajstić information content (AvgIpc) is 2.75. The van der Waals surface area contributed by atoms with Crippen LogP contribution in [0.1, 0.15) is 27.0 Å². The van der Waals surface area contributed by atoms with Crippen LogP contribution in [0.2, 0.25) is 0 Å². The van der Waals surface area contributed by atoms with Crippen molar-refractivity contribution in [2.45, 2.75) is 20.0 Å². The lowest BCUT2D eigenvalue weighted by molar-refractivity contribution is 0.0729. The normalized spacial score (nSPS) is 10.8. The highest BCUT2D eigenvalue weighted by Gasteiger charge is 2.19. The number of aryl methyl sites for hydroxylation is 1. The van der Waals surface area contributed by atoms with E-state index in [4.69, 9.17) is 0 Å². The third kappa shape index (κ3) is 4.06. The molecule has 4 rings (SSSR count). The van der Waals surface area contributed by atoms with E-state index in [1.165, 1.54) is 6.20 Å². The van der Waals surface area contributed by atoms with Crippen molar-refractivity contribution in [1.82, 2.24) is 19.9 Å². The van der Waals surface area contributed by atoms with Gasteiger partial charge in [0.25, 0.3) is 11.5 Å². The number of H-pyrrole nitrogens is 1. The second-order valence-electron chi connectivity index (χ2n) is 6.93. The fraction of sp³-hybridized carbons (Fsp3) is 0.130. The molecule has 1 aromatic carbocycles. The number of nitrogens with zero attached hydrogens (tertiary/aromatic N) is 3. The Hall–Kier alpha value is -3.80. The SMILES string of the molecule is Cc1cccc2cc(CN(Cc3cccnc3)C(=O)c3cccnc3)c(=O)[nH]c12. The second-order valence-corrected chi connectivity index (χ2v) is 6.93. The van der Waals surface area contributed by atoms with Gasteiger partial charge in [0.15, 0.2) is 0 Å². The summed E-state index contributed by atoms with van der Waals surface area (Å²) < 4.78 is 0. The van der Waals surface area contributed by atoms with Crippen LogP contribution in [0.25, 0.3) is 10.9 Å². The Morgan fingerprint density at radius 1 is 1.00 bits per heavy atom. The summed E-state index contributed by atoms with van der Waals surface area (Å²) in [5, 5.41) is 0.940. The van der Waals surface area contributed by atoms with E-state index in [2.05, 4.69) is 15.0 Å². The quantitative estimate of drug-likeness (QED) is 0.571. The maximum Gasteiger partial charge on any atom is 0.256 e. The van der Waals surface area contributed by atoms with Crippen molar-refractivity contribution in [2.24, 2.45) is 0 Å². The molecular formula is C23H20N4O2. The van der Waals surface area contributed by atoms with Crippen molar-refractivity contribution >= 4 is 16.8 Å². The molecule has 0 unspecified atom stereocenters. The van der Waals surface area contributed by atoms with Gasteiger partial charge in [-0.05, 0) is 47.7 Å². The zero-order valence-corrected chi connectivity index (χ0v) is 16.0. The monoisotopic (exact) mass is 384 g/mol. The Bertz CT molecular complexity index is 1200. The molecule has 0 bridgehead atoms. The van der Waals surface area contributed by atoms with Gasteiger partial charge in [-0.1, -0.05) is 24.3 Å². The molecule has 4 aromatic rings. The number of para-hydroxylation sites is 1. The minimum atomic E-state index is -0.193. The van der Waals surface area contributed by atoms with Crippen LogP contribution in [0.5, 0.6) is 0 Å². The summed E-state index contributed by atoms with van der Waals surface area (Å²) >= 11 is 0. The number of hydrogen-bond donors (Lipinski definition) is 1. The number of carbonyl (C=O) groups excluding carboxylic acids is 1. The average molecular weight is 384 g/mol. The van der Waals surface area contributed by atoms with Crippen LogP contribution >= 0.6 is 0 Å². The zero-order chi connectivity index (χ0) is 20.2. The van der Waals surface area contributed by atoms with Gasteiger partial charge in [0.05, 0.1) is 17.6 Å². The molecular weight excluding hydrogens is 364 g/mol. The summed E-state index contributed by atoms with van der Waals surface area (Å²) in [6.07, 6.45) is 6.57. The van der Waals surface area contributed by atoms with E-state index in [0.717, 1.165) is 22.0 Å². The van der Waals surface area contributed by atoms with Crippen molar-refractivity contribution in [3.63, 3.8) is 0 Å². The Kier molecular flexibility index (Phi) is 5.16. The first-order valence-corrected chi connectivity index (χ1v) is 9.31. The van der Waals surface area contributed by atoms with Crippen molar-refractivity contribution in [3.8, 4) is 0 Å². The van der Waals surface area contributed by atoms with Crippen LogP contribution in [0.3, 0.4) is 0 Å². The molecule has 29 heavy (non-hydrogen) atoms. The Morgan fingerprint density at radius 3 is 2.52 bits per heavy atom. The minimum absolute atomic E-state index is 0.182. The minimum Gasteiger partial charge on any atom is -0.330 e. The van der Waals surface area contributed by atoms with Crippen molar-refractivity contribution in [2.75, 3.05) is 0 Å². The number of aromatic amines is 1. The predicted octanol–water partition coefficient (Wildman–Crippen LogP) is 3.47. The number of fused-ring (bicyclic) bond motifs is 1. The summed E-state index contributed by atoms with van der Waals surface area (Å²) in [5.41, 5.74) is 3.52. The van der Waals surface area contributed by atoms with Crippen LogP contribution in [0.15, 0.2) is 78.1 Å². The fourth-order valence-corrected chi connectivity index (χ4v) is 3.34. The molecule has 0 atom stereocenters.